The predicted molar refractivity (Wildman–Crippen MR) is 72.2 cm³/mol. The van der Waals surface area contributed by atoms with Crippen molar-refractivity contribution < 1.29 is 22.4 Å². The van der Waals surface area contributed by atoms with Crippen LogP contribution >= 0.6 is 11.8 Å². The van der Waals surface area contributed by atoms with Crippen LogP contribution in [0.2, 0.25) is 0 Å². The molecule has 22 heavy (non-hydrogen) atoms. The van der Waals surface area contributed by atoms with E-state index in [4.69, 9.17) is 4.42 Å². The Morgan fingerprint density at radius 2 is 2.32 bits per heavy atom. The van der Waals surface area contributed by atoms with Gasteiger partial charge in [-0.15, -0.1) is 10.2 Å². The molecule has 2 aromatic rings. The molecule has 1 N–H and O–H groups in total. The number of aromatic nitrogens is 3. The number of nitrogens with zero attached hydrogens (tertiary/aromatic N) is 3. The third kappa shape index (κ3) is 4.79. The van der Waals surface area contributed by atoms with Gasteiger partial charge in [-0.2, -0.15) is 13.2 Å². The Bertz CT molecular complexity index is 612. The van der Waals surface area contributed by atoms with E-state index in [9.17, 15) is 18.0 Å². The largest absolute Gasteiger partial charge is 0.467 e. The molecule has 0 saturated carbocycles. The van der Waals surface area contributed by atoms with Crippen molar-refractivity contribution in [3.63, 3.8) is 0 Å². The third-order valence-corrected chi connectivity index (χ3v) is 3.70. The van der Waals surface area contributed by atoms with Crippen LogP contribution < -0.4 is 5.32 Å². The molecule has 0 aliphatic rings. The third-order valence-electron chi connectivity index (χ3n) is 2.60. The number of halogens is 3. The number of furan rings is 1. The maximum absolute atomic E-state index is 12.1. The highest BCUT2D eigenvalue weighted by Crippen LogP contribution is 2.22. The number of hydrogen-bond donors (Lipinski definition) is 1. The molecule has 0 spiro atoms. The monoisotopic (exact) mass is 334 g/mol. The van der Waals surface area contributed by atoms with E-state index in [2.05, 4.69) is 10.2 Å². The van der Waals surface area contributed by atoms with Crippen LogP contribution in [-0.2, 0) is 11.3 Å². The van der Waals surface area contributed by atoms with Crippen LogP contribution in [0, 0.1) is 0 Å². The Morgan fingerprint density at radius 3 is 2.95 bits per heavy atom. The summed E-state index contributed by atoms with van der Waals surface area (Å²) in [4.78, 5) is 11.6. The molecule has 6 nitrogen and oxygen atoms in total. The molecule has 1 unspecified atom stereocenters. The Kier molecular flexibility index (Phi) is 5.11. The Morgan fingerprint density at radius 1 is 1.55 bits per heavy atom. The molecule has 0 aliphatic carbocycles. The van der Waals surface area contributed by atoms with E-state index in [1.807, 2.05) is 5.32 Å². The van der Waals surface area contributed by atoms with Crippen molar-refractivity contribution in [2.75, 3.05) is 6.54 Å². The van der Waals surface area contributed by atoms with Crippen molar-refractivity contribution in [2.45, 2.75) is 30.1 Å². The van der Waals surface area contributed by atoms with Crippen LogP contribution in [0.25, 0.3) is 0 Å². The SMILES string of the molecule is CC(Sc1nncn1Cc1ccco1)C(=O)NCC(F)(F)F. The lowest BCUT2D eigenvalue weighted by Crippen LogP contribution is -2.38. The van der Waals surface area contributed by atoms with Gasteiger partial charge in [0.05, 0.1) is 18.1 Å². The summed E-state index contributed by atoms with van der Waals surface area (Å²) in [6.07, 6.45) is -1.44. The molecular formula is C12H13F3N4O2S. The summed E-state index contributed by atoms with van der Waals surface area (Å²) in [5.41, 5.74) is 0. The Labute approximate surface area is 128 Å². The van der Waals surface area contributed by atoms with Gasteiger partial charge in [0.15, 0.2) is 5.16 Å². The molecule has 120 valence electrons. The minimum absolute atomic E-state index is 0.374. The van der Waals surface area contributed by atoms with Crippen molar-refractivity contribution in [3.8, 4) is 0 Å². The quantitative estimate of drug-likeness (QED) is 0.819. The van der Waals surface area contributed by atoms with E-state index in [-0.39, 0.29) is 0 Å². The fourth-order valence-electron chi connectivity index (χ4n) is 1.56. The normalized spacial score (nSPS) is 13.1. The second-order valence-corrected chi connectivity index (χ2v) is 5.72. The number of carbonyl (C=O) groups excluding carboxylic acids is 1. The molecular weight excluding hydrogens is 321 g/mol. The van der Waals surface area contributed by atoms with E-state index in [1.54, 1.807) is 16.7 Å². The summed E-state index contributed by atoms with van der Waals surface area (Å²) in [5, 5.41) is 9.13. The first-order valence-electron chi connectivity index (χ1n) is 6.26. The maximum atomic E-state index is 12.1. The molecule has 2 aromatic heterocycles. The zero-order chi connectivity index (χ0) is 16.2. The zero-order valence-corrected chi connectivity index (χ0v) is 12.3. The highest BCUT2D eigenvalue weighted by atomic mass is 32.2. The molecule has 0 fully saturated rings. The van der Waals surface area contributed by atoms with Gasteiger partial charge in [0.1, 0.15) is 18.6 Å². The van der Waals surface area contributed by atoms with Gasteiger partial charge >= 0.3 is 6.18 Å². The standard InChI is InChI=1S/C12H13F3N4O2S/c1-8(10(20)16-6-12(13,14)15)22-11-18-17-7-19(11)5-9-3-2-4-21-9/h2-4,7-8H,5-6H2,1H3,(H,16,20). The topological polar surface area (TPSA) is 73.0 Å². The molecule has 2 rings (SSSR count). The highest BCUT2D eigenvalue weighted by Gasteiger charge is 2.29. The molecule has 0 bridgehead atoms. The minimum Gasteiger partial charge on any atom is -0.467 e. The summed E-state index contributed by atoms with van der Waals surface area (Å²) in [6.45, 7) is 0.525. The van der Waals surface area contributed by atoms with Gasteiger partial charge in [-0.1, -0.05) is 11.8 Å². The maximum Gasteiger partial charge on any atom is 0.405 e. The van der Waals surface area contributed by atoms with Crippen molar-refractivity contribution in [1.82, 2.24) is 20.1 Å². The van der Waals surface area contributed by atoms with Gasteiger partial charge in [0.2, 0.25) is 5.91 Å². The number of amides is 1. The van der Waals surface area contributed by atoms with Gasteiger partial charge in [-0.25, -0.2) is 0 Å². The van der Waals surface area contributed by atoms with E-state index in [0.717, 1.165) is 11.8 Å². The molecule has 0 aliphatic heterocycles. The lowest BCUT2D eigenvalue weighted by atomic mass is 10.4. The van der Waals surface area contributed by atoms with E-state index in [0.29, 0.717) is 17.5 Å². The Hall–Kier alpha value is -1.97. The summed E-state index contributed by atoms with van der Waals surface area (Å²) in [6, 6.07) is 3.51. The number of rotatable bonds is 6. The van der Waals surface area contributed by atoms with Crippen molar-refractivity contribution in [1.29, 1.82) is 0 Å². The fourth-order valence-corrected chi connectivity index (χ4v) is 2.41. The molecule has 0 radical (unpaired) electrons. The van der Waals surface area contributed by atoms with Crippen LogP contribution in [0.1, 0.15) is 12.7 Å². The average Bonchev–Trinajstić information content (AvgIpc) is 3.08. The number of hydrogen-bond acceptors (Lipinski definition) is 5. The zero-order valence-electron chi connectivity index (χ0n) is 11.5. The van der Waals surface area contributed by atoms with Gasteiger partial charge in [0.25, 0.3) is 0 Å². The summed E-state index contributed by atoms with van der Waals surface area (Å²) >= 11 is 1.03. The number of thioether (sulfide) groups is 1. The summed E-state index contributed by atoms with van der Waals surface area (Å²) in [5.74, 6) is -0.0364. The summed E-state index contributed by atoms with van der Waals surface area (Å²) < 4.78 is 43.1. The van der Waals surface area contributed by atoms with Crippen LogP contribution in [0.4, 0.5) is 13.2 Å². The number of alkyl halides is 3. The van der Waals surface area contributed by atoms with Crippen LogP contribution in [0.15, 0.2) is 34.3 Å². The van der Waals surface area contributed by atoms with Crippen molar-refractivity contribution in [2.24, 2.45) is 0 Å². The number of nitrogens with one attached hydrogen (secondary N) is 1. The van der Waals surface area contributed by atoms with Gasteiger partial charge in [-0.05, 0) is 19.1 Å². The second kappa shape index (κ2) is 6.86. The average molecular weight is 334 g/mol. The molecule has 0 saturated heterocycles. The van der Waals surface area contributed by atoms with Crippen LogP contribution in [0.5, 0.6) is 0 Å². The van der Waals surface area contributed by atoms with Gasteiger partial charge in [0, 0.05) is 0 Å². The van der Waals surface area contributed by atoms with Crippen molar-refractivity contribution in [3.05, 3.63) is 30.5 Å². The lowest BCUT2D eigenvalue weighted by Gasteiger charge is -2.13. The lowest BCUT2D eigenvalue weighted by molar-refractivity contribution is -0.137. The summed E-state index contributed by atoms with van der Waals surface area (Å²) in [7, 11) is 0. The van der Waals surface area contributed by atoms with E-state index >= 15 is 0 Å². The van der Waals surface area contributed by atoms with Crippen molar-refractivity contribution >= 4 is 17.7 Å². The minimum atomic E-state index is -4.43. The molecule has 1 atom stereocenters. The van der Waals surface area contributed by atoms with E-state index in [1.165, 1.54) is 19.5 Å². The number of carbonyl (C=O) groups is 1. The molecule has 10 heteroatoms. The first kappa shape index (κ1) is 16.4. The first-order valence-corrected chi connectivity index (χ1v) is 7.14. The second-order valence-electron chi connectivity index (χ2n) is 4.41. The fraction of sp³-hybridized carbons (Fsp3) is 0.417. The Balaban J connectivity index is 1.93. The first-order chi connectivity index (χ1) is 10.3. The van der Waals surface area contributed by atoms with Crippen LogP contribution in [-0.4, -0.2) is 38.6 Å². The molecule has 1 amide bonds. The smallest absolute Gasteiger partial charge is 0.405 e. The van der Waals surface area contributed by atoms with E-state index < -0.39 is 23.9 Å². The predicted octanol–water partition coefficient (Wildman–Crippen LogP) is 2.08. The highest BCUT2D eigenvalue weighted by molar-refractivity contribution is 8.00. The van der Waals surface area contributed by atoms with Crippen LogP contribution in [0.3, 0.4) is 0 Å². The molecule has 2 heterocycles. The van der Waals surface area contributed by atoms with Gasteiger partial charge < -0.3 is 14.3 Å². The molecule has 0 aromatic carbocycles. The van der Waals surface area contributed by atoms with Gasteiger partial charge in [-0.3, -0.25) is 4.79 Å².